The summed E-state index contributed by atoms with van der Waals surface area (Å²) >= 11 is 12.1. The fraction of sp³-hybridized carbons (Fsp3) is 0.357. The molecule has 1 aliphatic rings. The molecule has 0 aromatic heterocycles. The molecule has 0 bridgehead atoms. The van der Waals surface area contributed by atoms with Crippen LogP contribution >= 0.6 is 23.2 Å². The number of nitrogens with zero attached hydrogens (tertiary/aromatic N) is 1. The number of carbonyl (C=O) groups is 2. The highest BCUT2D eigenvalue weighted by molar-refractivity contribution is 6.37. The molecule has 0 unspecified atom stereocenters. The highest BCUT2D eigenvalue weighted by Gasteiger charge is 2.26. The molecule has 8 heteroatoms. The molecule has 1 saturated carbocycles. The van der Waals surface area contributed by atoms with Gasteiger partial charge in [0.05, 0.1) is 22.9 Å². The first-order chi connectivity index (χ1) is 10.5. The van der Waals surface area contributed by atoms with Crippen molar-refractivity contribution in [1.82, 2.24) is 10.7 Å². The molecule has 22 heavy (non-hydrogen) atoms. The standard InChI is InChI=1S/C14H15Cl2N3O3/c1-2-22-12-10(15)5-8(6-11(12)16)7-17-19-14(21)13(20)18-9-3-4-9/h5-7,9H,2-4H2,1H3,(H,18,20)(H,19,21)/b17-7-. The van der Waals surface area contributed by atoms with Gasteiger partial charge in [0.25, 0.3) is 0 Å². The lowest BCUT2D eigenvalue weighted by atomic mass is 10.2. The van der Waals surface area contributed by atoms with Crippen molar-refractivity contribution < 1.29 is 14.3 Å². The average molecular weight is 344 g/mol. The molecule has 2 amide bonds. The summed E-state index contributed by atoms with van der Waals surface area (Å²) in [5.74, 6) is -1.11. The van der Waals surface area contributed by atoms with Gasteiger partial charge in [-0.3, -0.25) is 9.59 Å². The van der Waals surface area contributed by atoms with Crippen molar-refractivity contribution in [2.45, 2.75) is 25.8 Å². The van der Waals surface area contributed by atoms with E-state index in [1.165, 1.54) is 6.21 Å². The van der Waals surface area contributed by atoms with Crippen LogP contribution in [0.2, 0.25) is 10.0 Å². The van der Waals surface area contributed by atoms with Crippen molar-refractivity contribution in [2.24, 2.45) is 5.10 Å². The molecule has 118 valence electrons. The van der Waals surface area contributed by atoms with E-state index in [2.05, 4.69) is 15.8 Å². The van der Waals surface area contributed by atoms with Gasteiger partial charge in [-0.15, -0.1) is 0 Å². The van der Waals surface area contributed by atoms with Gasteiger partial charge in [0, 0.05) is 6.04 Å². The van der Waals surface area contributed by atoms with Crippen LogP contribution in [-0.2, 0) is 9.59 Å². The number of rotatable bonds is 5. The summed E-state index contributed by atoms with van der Waals surface area (Å²) in [6.07, 6.45) is 3.16. The lowest BCUT2D eigenvalue weighted by Crippen LogP contribution is -2.38. The summed E-state index contributed by atoms with van der Waals surface area (Å²) in [4.78, 5) is 22.9. The third-order valence-corrected chi connectivity index (χ3v) is 3.37. The van der Waals surface area contributed by atoms with Crippen LogP contribution in [0.25, 0.3) is 0 Å². The van der Waals surface area contributed by atoms with Crippen molar-refractivity contribution >= 4 is 41.2 Å². The zero-order valence-corrected chi connectivity index (χ0v) is 13.4. The molecule has 1 fully saturated rings. The predicted molar refractivity (Wildman–Crippen MR) is 84.5 cm³/mol. The van der Waals surface area contributed by atoms with Gasteiger partial charge in [-0.2, -0.15) is 5.10 Å². The first kappa shape index (κ1) is 16.6. The van der Waals surface area contributed by atoms with Crippen molar-refractivity contribution in [2.75, 3.05) is 6.61 Å². The van der Waals surface area contributed by atoms with E-state index in [0.717, 1.165) is 12.8 Å². The summed E-state index contributed by atoms with van der Waals surface area (Å²) < 4.78 is 5.31. The van der Waals surface area contributed by atoms with Crippen molar-refractivity contribution in [3.05, 3.63) is 27.7 Å². The largest absolute Gasteiger partial charge is 0.491 e. The van der Waals surface area contributed by atoms with Crippen LogP contribution in [0.3, 0.4) is 0 Å². The van der Waals surface area contributed by atoms with Crippen molar-refractivity contribution in [3.8, 4) is 5.75 Å². The lowest BCUT2D eigenvalue weighted by molar-refractivity contribution is -0.139. The maximum atomic E-state index is 11.5. The molecule has 2 N–H and O–H groups in total. The van der Waals surface area contributed by atoms with E-state index in [1.54, 1.807) is 12.1 Å². The van der Waals surface area contributed by atoms with E-state index >= 15 is 0 Å². The average Bonchev–Trinajstić information content (AvgIpc) is 3.26. The second-order valence-corrected chi connectivity index (χ2v) is 5.51. The molecule has 0 atom stereocenters. The van der Waals surface area contributed by atoms with Crippen LogP contribution in [0.4, 0.5) is 0 Å². The highest BCUT2D eigenvalue weighted by atomic mass is 35.5. The Morgan fingerprint density at radius 3 is 2.50 bits per heavy atom. The Bertz CT molecular complexity index is 592. The molecule has 2 rings (SSSR count). The molecular weight excluding hydrogens is 329 g/mol. The van der Waals surface area contributed by atoms with E-state index in [4.69, 9.17) is 27.9 Å². The Hall–Kier alpha value is -1.79. The monoisotopic (exact) mass is 343 g/mol. The van der Waals surface area contributed by atoms with Crippen LogP contribution < -0.4 is 15.5 Å². The smallest absolute Gasteiger partial charge is 0.329 e. The molecule has 0 saturated heterocycles. The fourth-order valence-electron chi connectivity index (χ4n) is 1.63. The van der Waals surface area contributed by atoms with E-state index in [1.807, 2.05) is 6.92 Å². The predicted octanol–water partition coefficient (Wildman–Crippen LogP) is 2.12. The number of hydrazone groups is 1. The molecule has 1 aromatic rings. The minimum atomic E-state index is -0.814. The van der Waals surface area contributed by atoms with Crippen molar-refractivity contribution in [1.29, 1.82) is 0 Å². The summed E-state index contributed by atoms with van der Waals surface area (Å²) in [6.45, 7) is 2.27. The SMILES string of the molecule is CCOc1c(Cl)cc(/C=N\NC(=O)C(=O)NC2CC2)cc1Cl. The lowest BCUT2D eigenvalue weighted by Gasteiger charge is -2.08. The Kier molecular flexibility index (Phi) is 5.63. The number of hydrogen-bond acceptors (Lipinski definition) is 4. The van der Waals surface area contributed by atoms with Gasteiger partial charge in [0.2, 0.25) is 0 Å². The van der Waals surface area contributed by atoms with Crippen molar-refractivity contribution in [3.63, 3.8) is 0 Å². The minimum Gasteiger partial charge on any atom is -0.491 e. The number of halogens is 2. The summed E-state index contributed by atoms with van der Waals surface area (Å²) in [6, 6.07) is 3.31. The van der Waals surface area contributed by atoms with Gasteiger partial charge in [0.15, 0.2) is 5.75 Å². The topological polar surface area (TPSA) is 79.8 Å². The van der Waals surface area contributed by atoms with Gasteiger partial charge < -0.3 is 10.1 Å². The van der Waals surface area contributed by atoms with Gasteiger partial charge in [-0.1, -0.05) is 23.2 Å². The van der Waals surface area contributed by atoms with Gasteiger partial charge in [0.1, 0.15) is 0 Å². The number of hydrogen-bond donors (Lipinski definition) is 2. The molecule has 0 aliphatic heterocycles. The molecule has 0 heterocycles. The Morgan fingerprint density at radius 1 is 1.32 bits per heavy atom. The van der Waals surface area contributed by atoms with E-state index in [9.17, 15) is 9.59 Å². The summed E-state index contributed by atoms with van der Waals surface area (Å²) in [5.41, 5.74) is 2.71. The van der Waals surface area contributed by atoms with Crippen LogP contribution in [0, 0.1) is 0 Å². The normalized spacial score (nSPS) is 14.0. The number of nitrogens with one attached hydrogen (secondary N) is 2. The third kappa shape index (κ3) is 4.61. The third-order valence-electron chi connectivity index (χ3n) is 2.81. The molecule has 1 aromatic carbocycles. The van der Waals surface area contributed by atoms with Crippen LogP contribution in [0.15, 0.2) is 17.2 Å². The second kappa shape index (κ2) is 7.47. The molecule has 0 spiro atoms. The summed E-state index contributed by atoms with van der Waals surface area (Å²) in [7, 11) is 0. The molecule has 1 aliphatic carbocycles. The number of amides is 2. The number of ether oxygens (including phenoxy) is 1. The fourth-order valence-corrected chi connectivity index (χ4v) is 2.24. The molecular formula is C14H15Cl2N3O3. The van der Waals surface area contributed by atoms with Crippen LogP contribution in [0.5, 0.6) is 5.75 Å². The maximum absolute atomic E-state index is 11.5. The number of carbonyl (C=O) groups excluding carboxylic acids is 2. The minimum absolute atomic E-state index is 0.117. The van der Waals surface area contributed by atoms with Gasteiger partial charge in [-0.05, 0) is 37.5 Å². The van der Waals surface area contributed by atoms with E-state index in [-0.39, 0.29) is 6.04 Å². The van der Waals surface area contributed by atoms with Crippen LogP contribution in [0.1, 0.15) is 25.3 Å². The van der Waals surface area contributed by atoms with Gasteiger partial charge >= 0.3 is 11.8 Å². The highest BCUT2D eigenvalue weighted by Crippen LogP contribution is 2.33. The number of benzene rings is 1. The maximum Gasteiger partial charge on any atom is 0.329 e. The second-order valence-electron chi connectivity index (χ2n) is 4.69. The molecule has 0 radical (unpaired) electrons. The zero-order valence-electron chi connectivity index (χ0n) is 11.9. The quantitative estimate of drug-likeness (QED) is 0.488. The van der Waals surface area contributed by atoms with Gasteiger partial charge in [-0.25, -0.2) is 5.43 Å². The Morgan fingerprint density at radius 2 is 1.95 bits per heavy atom. The Balaban J connectivity index is 1.94. The summed E-state index contributed by atoms with van der Waals surface area (Å²) in [5, 5.41) is 6.95. The zero-order chi connectivity index (χ0) is 16.1. The molecule has 6 nitrogen and oxygen atoms in total. The first-order valence-electron chi connectivity index (χ1n) is 6.77. The Labute approximate surface area is 137 Å². The van der Waals surface area contributed by atoms with Crippen LogP contribution in [-0.4, -0.2) is 30.7 Å². The first-order valence-corrected chi connectivity index (χ1v) is 7.52. The van der Waals surface area contributed by atoms with E-state index in [0.29, 0.717) is 28.0 Å². The van der Waals surface area contributed by atoms with E-state index < -0.39 is 11.8 Å².